The van der Waals surface area contributed by atoms with Crippen LogP contribution in [0.2, 0.25) is 0 Å². The molecule has 1 aliphatic carbocycles. The number of carbonyl (C=O) groups excluding carboxylic acids is 3. The Bertz CT molecular complexity index is 790. The molecule has 3 amide bonds. The van der Waals surface area contributed by atoms with Crippen molar-refractivity contribution >= 4 is 17.7 Å². The van der Waals surface area contributed by atoms with Crippen LogP contribution in [0.1, 0.15) is 75.1 Å². The molecule has 1 aromatic rings. The van der Waals surface area contributed by atoms with E-state index in [1.165, 1.54) is 27.2 Å². The molecule has 2 fully saturated rings. The summed E-state index contributed by atoms with van der Waals surface area (Å²) in [5.41, 5.74) is 5.22. The van der Waals surface area contributed by atoms with E-state index in [0.29, 0.717) is 6.54 Å². The van der Waals surface area contributed by atoms with Crippen LogP contribution in [0.15, 0.2) is 12.1 Å². The molecule has 2 atom stereocenters. The molecule has 164 valence electrons. The number of nitrogens with one attached hydrogen (secondary N) is 1. The number of carbonyl (C=O) groups is 3. The molecular weight excluding hydrogens is 376 g/mol. The normalized spacial score (nSPS) is 21.7. The van der Waals surface area contributed by atoms with Crippen LogP contribution >= 0.6 is 0 Å². The van der Waals surface area contributed by atoms with Crippen molar-refractivity contribution in [3.05, 3.63) is 34.4 Å². The lowest BCUT2D eigenvalue weighted by atomic mass is 9.81. The summed E-state index contributed by atoms with van der Waals surface area (Å²) < 4.78 is 0. The van der Waals surface area contributed by atoms with E-state index < -0.39 is 0 Å². The van der Waals surface area contributed by atoms with Crippen molar-refractivity contribution in [2.75, 3.05) is 13.1 Å². The second-order valence-corrected chi connectivity index (χ2v) is 10.0. The lowest BCUT2D eigenvalue weighted by Crippen LogP contribution is -2.36. The van der Waals surface area contributed by atoms with E-state index in [1.54, 1.807) is 0 Å². The summed E-state index contributed by atoms with van der Waals surface area (Å²) in [5, 5.41) is 2.96. The van der Waals surface area contributed by atoms with Crippen LogP contribution < -0.4 is 5.32 Å². The predicted octanol–water partition coefficient (Wildman–Crippen LogP) is 3.82. The zero-order valence-corrected chi connectivity index (χ0v) is 19.1. The van der Waals surface area contributed by atoms with Gasteiger partial charge in [-0.1, -0.05) is 45.7 Å². The van der Waals surface area contributed by atoms with E-state index >= 15 is 0 Å². The van der Waals surface area contributed by atoms with E-state index in [2.05, 4.69) is 52.1 Å². The lowest BCUT2D eigenvalue weighted by Gasteiger charge is -2.22. The van der Waals surface area contributed by atoms with Gasteiger partial charge in [-0.2, -0.15) is 0 Å². The second kappa shape index (κ2) is 8.91. The molecule has 1 saturated carbocycles. The van der Waals surface area contributed by atoms with Crippen molar-refractivity contribution < 1.29 is 14.4 Å². The van der Waals surface area contributed by atoms with Gasteiger partial charge in [-0.05, 0) is 60.8 Å². The Labute approximate surface area is 180 Å². The molecule has 1 aromatic carbocycles. The van der Waals surface area contributed by atoms with Crippen molar-refractivity contribution in [2.45, 2.75) is 78.6 Å². The Morgan fingerprint density at radius 2 is 1.57 bits per heavy atom. The predicted molar refractivity (Wildman–Crippen MR) is 118 cm³/mol. The van der Waals surface area contributed by atoms with Crippen LogP contribution in [-0.4, -0.2) is 35.7 Å². The van der Waals surface area contributed by atoms with Gasteiger partial charge in [0.15, 0.2) is 0 Å². The number of aryl methyl sites for hydroxylation is 2. The Hall–Kier alpha value is -2.17. The first kappa shape index (κ1) is 22.5. The first-order chi connectivity index (χ1) is 14.1. The fourth-order valence-corrected chi connectivity index (χ4v) is 4.90. The van der Waals surface area contributed by atoms with E-state index in [1.807, 2.05) is 0 Å². The zero-order chi connectivity index (χ0) is 22.1. The molecule has 0 aromatic heterocycles. The number of nitrogens with zero attached hydrogens (tertiary/aromatic N) is 1. The van der Waals surface area contributed by atoms with Gasteiger partial charge in [0.05, 0.1) is 11.8 Å². The fourth-order valence-electron chi connectivity index (χ4n) is 4.90. The van der Waals surface area contributed by atoms with Gasteiger partial charge >= 0.3 is 0 Å². The summed E-state index contributed by atoms with van der Waals surface area (Å²) in [7, 11) is 0. The van der Waals surface area contributed by atoms with Crippen molar-refractivity contribution in [1.29, 1.82) is 0 Å². The van der Waals surface area contributed by atoms with Crippen molar-refractivity contribution in [1.82, 2.24) is 10.2 Å². The zero-order valence-electron chi connectivity index (χ0n) is 19.1. The lowest BCUT2D eigenvalue weighted by molar-refractivity contribution is -0.140. The van der Waals surface area contributed by atoms with Crippen LogP contribution in [0.5, 0.6) is 0 Å². The van der Waals surface area contributed by atoms with Crippen LogP contribution in [0.3, 0.4) is 0 Å². The van der Waals surface area contributed by atoms with Crippen LogP contribution in [0.4, 0.5) is 0 Å². The molecule has 30 heavy (non-hydrogen) atoms. The Kier molecular flexibility index (Phi) is 6.68. The van der Waals surface area contributed by atoms with Crippen molar-refractivity contribution in [3.8, 4) is 0 Å². The summed E-state index contributed by atoms with van der Waals surface area (Å²) in [6.45, 7) is 11.7. The standard InChI is InChI=1S/C25H36N2O3/c1-16-14-18(25(3,4)5)15-17(2)19(16)10-12-26-22(28)11-13-27-23(29)20-8-6-7-9-21(20)24(27)30/h14-15,20-21H,6-13H2,1-5H3,(H,26,28). The summed E-state index contributed by atoms with van der Waals surface area (Å²) in [4.78, 5) is 38.7. The van der Waals surface area contributed by atoms with Gasteiger partial charge in [0, 0.05) is 19.5 Å². The number of likely N-dealkylation sites (tertiary alicyclic amines) is 1. The van der Waals surface area contributed by atoms with Crippen molar-refractivity contribution in [3.63, 3.8) is 0 Å². The molecule has 3 rings (SSSR count). The quantitative estimate of drug-likeness (QED) is 0.722. The number of hydrogen-bond acceptors (Lipinski definition) is 3. The van der Waals surface area contributed by atoms with Crippen LogP contribution in [0, 0.1) is 25.7 Å². The van der Waals surface area contributed by atoms with Gasteiger partial charge in [0.25, 0.3) is 0 Å². The molecule has 1 heterocycles. The van der Waals surface area contributed by atoms with Gasteiger partial charge < -0.3 is 5.32 Å². The fraction of sp³-hybridized carbons (Fsp3) is 0.640. The molecule has 5 heteroatoms. The highest BCUT2D eigenvalue weighted by molar-refractivity contribution is 6.05. The Balaban J connectivity index is 1.49. The maximum Gasteiger partial charge on any atom is 0.233 e. The minimum absolute atomic E-state index is 0.0670. The molecule has 5 nitrogen and oxygen atoms in total. The average molecular weight is 413 g/mol. The van der Waals surface area contributed by atoms with Gasteiger partial charge in [-0.3, -0.25) is 19.3 Å². The number of imide groups is 1. The molecule has 1 N–H and O–H groups in total. The first-order valence-corrected chi connectivity index (χ1v) is 11.3. The largest absolute Gasteiger partial charge is 0.356 e. The average Bonchev–Trinajstić information content (AvgIpc) is 2.92. The Morgan fingerprint density at radius 1 is 1.03 bits per heavy atom. The molecule has 0 bridgehead atoms. The van der Waals surface area contributed by atoms with Crippen LogP contribution in [0.25, 0.3) is 0 Å². The minimum Gasteiger partial charge on any atom is -0.356 e. The third-order valence-corrected chi connectivity index (χ3v) is 6.75. The Morgan fingerprint density at radius 3 is 2.07 bits per heavy atom. The van der Waals surface area contributed by atoms with Crippen LogP contribution in [-0.2, 0) is 26.2 Å². The maximum atomic E-state index is 12.5. The minimum atomic E-state index is -0.142. The maximum absolute atomic E-state index is 12.5. The number of amides is 3. The molecule has 0 radical (unpaired) electrons. The summed E-state index contributed by atoms with van der Waals surface area (Å²) in [6, 6.07) is 4.49. The molecule has 2 unspecified atom stereocenters. The van der Waals surface area contributed by atoms with E-state index in [9.17, 15) is 14.4 Å². The molecular formula is C25H36N2O3. The number of hydrogen-bond donors (Lipinski definition) is 1. The molecule has 0 spiro atoms. The van der Waals surface area contributed by atoms with E-state index in [4.69, 9.17) is 0 Å². The molecule has 2 aliphatic rings. The van der Waals surface area contributed by atoms with E-state index in [0.717, 1.165) is 32.1 Å². The smallest absolute Gasteiger partial charge is 0.233 e. The highest BCUT2D eigenvalue weighted by Gasteiger charge is 2.47. The van der Waals surface area contributed by atoms with Gasteiger partial charge in [0.1, 0.15) is 0 Å². The second-order valence-electron chi connectivity index (χ2n) is 10.0. The topological polar surface area (TPSA) is 66.5 Å². The third-order valence-electron chi connectivity index (χ3n) is 6.75. The summed E-state index contributed by atoms with van der Waals surface area (Å²) in [5.74, 6) is -0.523. The highest BCUT2D eigenvalue weighted by atomic mass is 16.2. The number of fused-ring (bicyclic) bond motifs is 1. The molecule has 1 saturated heterocycles. The summed E-state index contributed by atoms with van der Waals surface area (Å²) >= 11 is 0. The van der Waals surface area contributed by atoms with Gasteiger partial charge in [0.2, 0.25) is 17.7 Å². The first-order valence-electron chi connectivity index (χ1n) is 11.3. The number of benzene rings is 1. The van der Waals surface area contributed by atoms with Gasteiger partial charge in [-0.15, -0.1) is 0 Å². The molecule has 1 aliphatic heterocycles. The van der Waals surface area contributed by atoms with Gasteiger partial charge in [-0.25, -0.2) is 0 Å². The SMILES string of the molecule is Cc1cc(C(C)(C)C)cc(C)c1CCNC(=O)CCN1C(=O)C2CCCCC2C1=O. The third kappa shape index (κ3) is 4.76. The van der Waals surface area contributed by atoms with Crippen molar-refractivity contribution in [2.24, 2.45) is 11.8 Å². The van der Waals surface area contributed by atoms with E-state index in [-0.39, 0.29) is 47.9 Å². The summed E-state index contributed by atoms with van der Waals surface area (Å²) in [6.07, 6.45) is 4.61. The number of rotatable bonds is 6. The monoisotopic (exact) mass is 412 g/mol. The highest BCUT2D eigenvalue weighted by Crippen LogP contribution is 2.38.